The molecule has 128 valence electrons. The molecule has 1 atom stereocenters. The van der Waals surface area contributed by atoms with E-state index in [4.69, 9.17) is 11.6 Å². The molecule has 0 radical (unpaired) electrons. The summed E-state index contributed by atoms with van der Waals surface area (Å²) in [6, 6.07) is 7.06. The van der Waals surface area contributed by atoms with Crippen LogP contribution in [0.15, 0.2) is 36.7 Å². The molecule has 0 aliphatic rings. The first-order valence-electron chi connectivity index (χ1n) is 7.68. The minimum Gasteiger partial charge on any atom is -0.481 e. The third kappa shape index (κ3) is 4.83. The quantitative estimate of drug-likeness (QED) is 0.804. The van der Waals surface area contributed by atoms with Gasteiger partial charge in [-0.05, 0) is 36.6 Å². The fraction of sp³-hybridized carbons (Fsp3) is 0.353. The SMILES string of the molecule is CC(C)CC(CNC(=O)c1cnn(-c2ccc(Cl)cc2)c1)C(=O)O. The molecule has 2 aromatic rings. The van der Waals surface area contributed by atoms with Crippen LogP contribution in [0.5, 0.6) is 0 Å². The molecule has 1 unspecified atom stereocenters. The van der Waals surface area contributed by atoms with Crippen molar-refractivity contribution in [1.82, 2.24) is 15.1 Å². The monoisotopic (exact) mass is 349 g/mol. The Morgan fingerprint density at radius 1 is 1.29 bits per heavy atom. The highest BCUT2D eigenvalue weighted by molar-refractivity contribution is 6.30. The summed E-state index contributed by atoms with van der Waals surface area (Å²) in [6.07, 6.45) is 3.55. The predicted molar refractivity (Wildman–Crippen MR) is 91.5 cm³/mol. The van der Waals surface area contributed by atoms with E-state index in [2.05, 4.69) is 10.4 Å². The first-order valence-corrected chi connectivity index (χ1v) is 8.06. The minimum atomic E-state index is -0.902. The molecule has 1 aromatic heterocycles. The molecule has 0 fully saturated rings. The van der Waals surface area contributed by atoms with Gasteiger partial charge in [-0.1, -0.05) is 25.4 Å². The number of rotatable bonds is 7. The molecule has 2 rings (SSSR count). The van der Waals surface area contributed by atoms with Crippen LogP contribution >= 0.6 is 11.6 Å². The second-order valence-corrected chi connectivity index (χ2v) is 6.46. The van der Waals surface area contributed by atoms with E-state index in [-0.39, 0.29) is 18.4 Å². The number of hydrogen-bond donors (Lipinski definition) is 2. The lowest BCUT2D eigenvalue weighted by Crippen LogP contribution is -2.33. The van der Waals surface area contributed by atoms with Gasteiger partial charge in [-0.2, -0.15) is 5.10 Å². The Labute approximate surface area is 145 Å². The van der Waals surface area contributed by atoms with Crippen LogP contribution in [0.3, 0.4) is 0 Å². The van der Waals surface area contributed by atoms with E-state index >= 15 is 0 Å². The van der Waals surface area contributed by atoms with E-state index in [0.29, 0.717) is 17.0 Å². The Hall–Kier alpha value is -2.34. The summed E-state index contributed by atoms with van der Waals surface area (Å²) in [4.78, 5) is 23.4. The number of nitrogens with one attached hydrogen (secondary N) is 1. The Morgan fingerprint density at radius 2 is 1.96 bits per heavy atom. The highest BCUT2D eigenvalue weighted by atomic mass is 35.5. The van der Waals surface area contributed by atoms with Crippen LogP contribution in [0.2, 0.25) is 5.02 Å². The van der Waals surface area contributed by atoms with Crippen molar-refractivity contribution >= 4 is 23.5 Å². The Morgan fingerprint density at radius 3 is 2.54 bits per heavy atom. The maximum Gasteiger partial charge on any atom is 0.308 e. The van der Waals surface area contributed by atoms with Crippen molar-refractivity contribution < 1.29 is 14.7 Å². The maximum atomic E-state index is 12.2. The smallest absolute Gasteiger partial charge is 0.308 e. The molecule has 2 N–H and O–H groups in total. The zero-order valence-electron chi connectivity index (χ0n) is 13.6. The summed E-state index contributed by atoms with van der Waals surface area (Å²) in [7, 11) is 0. The molecule has 0 spiro atoms. The van der Waals surface area contributed by atoms with Crippen LogP contribution in [0, 0.1) is 11.8 Å². The highest BCUT2D eigenvalue weighted by Crippen LogP contribution is 2.14. The summed E-state index contributed by atoms with van der Waals surface area (Å²) < 4.78 is 1.56. The van der Waals surface area contributed by atoms with Gasteiger partial charge in [0.2, 0.25) is 0 Å². The van der Waals surface area contributed by atoms with Gasteiger partial charge in [-0.25, -0.2) is 4.68 Å². The van der Waals surface area contributed by atoms with Crippen LogP contribution in [0.4, 0.5) is 0 Å². The topological polar surface area (TPSA) is 84.2 Å². The van der Waals surface area contributed by atoms with Crippen LogP contribution < -0.4 is 5.32 Å². The first-order chi connectivity index (χ1) is 11.4. The number of hydrogen-bond acceptors (Lipinski definition) is 3. The van der Waals surface area contributed by atoms with Crippen LogP contribution in [0.25, 0.3) is 5.69 Å². The number of carbonyl (C=O) groups excluding carboxylic acids is 1. The summed E-state index contributed by atoms with van der Waals surface area (Å²) in [6.45, 7) is 4.00. The number of aromatic nitrogens is 2. The molecule has 24 heavy (non-hydrogen) atoms. The standard InChI is InChI=1S/C17H20ClN3O3/c1-11(2)7-12(17(23)24)8-19-16(22)13-9-20-21(10-13)15-5-3-14(18)4-6-15/h3-6,9-12H,7-8H2,1-2H3,(H,19,22)(H,23,24). The van der Waals surface area contributed by atoms with Crippen molar-refractivity contribution in [1.29, 1.82) is 0 Å². The zero-order chi connectivity index (χ0) is 17.7. The fourth-order valence-electron chi connectivity index (χ4n) is 2.33. The predicted octanol–water partition coefficient (Wildman–Crippen LogP) is 3.00. The lowest BCUT2D eigenvalue weighted by atomic mass is 9.97. The zero-order valence-corrected chi connectivity index (χ0v) is 14.3. The molecule has 0 saturated carbocycles. The largest absolute Gasteiger partial charge is 0.481 e. The molecule has 0 saturated heterocycles. The van der Waals surface area contributed by atoms with E-state index in [0.717, 1.165) is 5.69 Å². The third-order valence-corrected chi connectivity index (χ3v) is 3.80. The highest BCUT2D eigenvalue weighted by Gasteiger charge is 2.20. The number of carboxylic acid groups (broad SMARTS) is 1. The molecule has 0 bridgehead atoms. The maximum absolute atomic E-state index is 12.2. The minimum absolute atomic E-state index is 0.0957. The number of amides is 1. The van der Waals surface area contributed by atoms with Crippen molar-refractivity contribution in [2.24, 2.45) is 11.8 Å². The third-order valence-electron chi connectivity index (χ3n) is 3.55. The van der Waals surface area contributed by atoms with Gasteiger partial charge in [-0.15, -0.1) is 0 Å². The second kappa shape index (κ2) is 7.97. The lowest BCUT2D eigenvalue weighted by Gasteiger charge is -2.15. The van der Waals surface area contributed by atoms with Gasteiger partial charge in [0.25, 0.3) is 5.91 Å². The normalized spacial score (nSPS) is 12.2. The van der Waals surface area contributed by atoms with Crippen molar-refractivity contribution in [2.75, 3.05) is 6.54 Å². The second-order valence-electron chi connectivity index (χ2n) is 6.02. The van der Waals surface area contributed by atoms with Crippen molar-refractivity contribution in [3.05, 3.63) is 47.2 Å². The average molecular weight is 350 g/mol. The van der Waals surface area contributed by atoms with Gasteiger partial charge in [0.15, 0.2) is 0 Å². The van der Waals surface area contributed by atoms with Crippen LogP contribution in [0.1, 0.15) is 30.6 Å². The number of benzene rings is 1. The van der Waals surface area contributed by atoms with Gasteiger partial charge < -0.3 is 10.4 Å². The van der Waals surface area contributed by atoms with Crippen LogP contribution in [-0.4, -0.2) is 33.3 Å². The average Bonchev–Trinajstić information content (AvgIpc) is 3.01. The Balaban J connectivity index is 2.00. The molecule has 0 aliphatic carbocycles. The number of carbonyl (C=O) groups is 2. The number of carboxylic acids is 1. The van der Waals surface area contributed by atoms with Crippen molar-refractivity contribution in [2.45, 2.75) is 20.3 Å². The molecule has 0 aliphatic heterocycles. The van der Waals surface area contributed by atoms with Gasteiger partial charge in [0.05, 0.1) is 23.4 Å². The molecule has 1 heterocycles. The Bertz CT molecular complexity index is 710. The Kier molecular flexibility index (Phi) is 5.98. The van der Waals surface area contributed by atoms with Gasteiger partial charge in [-0.3, -0.25) is 9.59 Å². The fourth-order valence-corrected chi connectivity index (χ4v) is 2.46. The molecule has 1 amide bonds. The molecule has 6 nitrogen and oxygen atoms in total. The van der Waals surface area contributed by atoms with Gasteiger partial charge >= 0.3 is 5.97 Å². The number of nitrogens with zero attached hydrogens (tertiary/aromatic N) is 2. The van der Waals surface area contributed by atoms with E-state index < -0.39 is 11.9 Å². The van der Waals surface area contributed by atoms with E-state index in [9.17, 15) is 14.7 Å². The summed E-state index contributed by atoms with van der Waals surface area (Å²) >= 11 is 5.85. The summed E-state index contributed by atoms with van der Waals surface area (Å²) in [5.74, 6) is -1.60. The lowest BCUT2D eigenvalue weighted by molar-refractivity contribution is -0.142. The van der Waals surface area contributed by atoms with Gasteiger partial charge in [0, 0.05) is 17.8 Å². The van der Waals surface area contributed by atoms with E-state index in [1.807, 2.05) is 13.8 Å². The van der Waals surface area contributed by atoms with Crippen LogP contribution in [-0.2, 0) is 4.79 Å². The molecular weight excluding hydrogens is 330 g/mol. The molecule has 7 heteroatoms. The number of halogens is 1. The number of aliphatic carboxylic acids is 1. The van der Waals surface area contributed by atoms with E-state index in [1.165, 1.54) is 6.20 Å². The van der Waals surface area contributed by atoms with Gasteiger partial charge in [0.1, 0.15) is 0 Å². The first kappa shape index (κ1) is 18.0. The van der Waals surface area contributed by atoms with E-state index in [1.54, 1.807) is 35.1 Å². The summed E-state index contributed by atoms with van der Waals surface area (Å²) in [5.41, 5.74) is 1.15. The molecule has 1 aromatic carbocycles. The van der Waals surface area contributed by atoms with Crippen molar-refractivity contribution in [3.8, 4) is 5.69 Å². The summed E-state index contributed by atoms with van der Waals surface area (Å²) in [5, 5.41) is 16.6. The molecular formula is C17H20ClN3O3. The van der Waals surface area contributed by atoms with Crippen molar-refractivity contribution in [3.63, 3.8) is 0 Å².